The fraction of sp³-hybridized carbons (Fsp3) is 0.0909. The zero-order valence-electron chi connectivity index (χ0n) is 9.11. The molecule has 2 rings (SSSR count). The van der Waals surface area contributed by atoms with E-state index in [-0.39, 0.29) is 27.8 Å². The van der Waals surface area contributed by atoms with Gasteiger partial charge in [0.25, 0.3) is 0 Å². The van der Waals surface area contributed by atoms with E-state index >= 15 is 0 Å². The number of carboxylic acids is 1. The summed E-state index contributed by atoms with van der Waals surface area (Å²) in [6, 6.07) is 3.71. The van der Waals surface area contributed by atoms with Crippen LogP contribution in [-0.2, 0) is 0 Å². The summed E-state index contributed by atoms with van der Waals surface area (Å²) in [5, 5.41) is 12.2. The highest BCUT2D eigenvalue weighted by molar-refractivity contribution is 6.31. The second-order valence-electron chi connectivity index (χ2n) is 3.35. The van der Waals surface area contributed by atoms with Gasteiger partial charge in [0.05, 0.1) is 12.7 Å². The molecule has 1 N–H and O–H groups in total. The van der Waals surface area contributed by atoms with Gasteiger partial charge in [0, 0.05) is 17.2 Å². The molecule has 7 heteroatoms. The second-order valence-corrected chi connectivity index (χ2v) is 3.79. The second kappa shape index (κ2) is 4.66. The molecule has 0 amide bonds. The van der Waals surface area contributed by atoms with Crippen molar-refractivity contribution >= 4 is 17.6 Å². The van der Waals surface area contributed by atoms with Gasteiger partial charge < -0.3 is 14.4 Å². The first-order valence-corrected chi connectivity index (χ1v) is 5.14. The number of aromatic nitrogens is 1. The third kappa shape index (κ3) is 2.14. The summed E-state index contributed by atoms with van der Waals surface area (Å²) in [6.45, 7) is 0. The van der Waals surface area contributed by atoms with E-state index in [1.807, 2.05) is 0 Å². The van der Waals surface area contributed by atoms with E-state index in [1.54, 1.807) is 0 Å². The number of aromatic carboxylic acids is 1. The smallest absolute Gasteiger partial charge is 0.358 e. The van der Waals surface area contributed by atoms with Gasteiger partial charge in [0.15, 0.2) is 23.0 Å². The van der Waals surface area contributed by atoms with Crippen LogP contribution in [0.3, 0.4) is 0 Å². The molecule has 0 fully saturated rings. The van der Waals surface area contributed by atoms with Gasteiger partial charge >= 0.3 is 5.97 Å². The van der Waals surface area contributed by atoms with Crippen LogP contribution in [0.15, 0.2) is 22.7 Å². The molecule has 0 aliphatic carbocycles. The Morgan fingerprint density at radius 1 is 1.50 bits per heavy atom. The molecule has 0 saturated heterocycles. The molecule has 0 radical (unpaired) electrons. The minimum atomic E-state index is -1.26. The van der Waals surface area contributed by atoms with Crippen molar-refractivity contribution in [1.29, 1.82) is 0 Å². The normalized spacial score (nSPS) is 10.4. The van der Waals surface area contributed by atoms with Crippen LogP contribution in [0, 0.1) is 5.82 Å². The van der Waals surface area contributed by atoms with Crippen LogP contribution in [0.5, 0.6) is 5.75 Å². The van der Waals surface area contributed by atoms with Crippen LogP contribution in [-0.4, -0.2) is 23.3 Å². The van der Waals surface area contributed by atoms with Crippen molar-refractivity contribution in [3.8, 4) is 17.1 Å². The number of halogens is 2. The Bertz CT molecular complexity index is 611. The van der Waals surface area contributed by atoms with Gasteiger partial charge in [-0.1, -0.05) is 16.8 Å². The molecule has 0 bridgehead atoms. The zero-order chi connectivity index (χ0) is 13.3. The van der Waals surface area contributed by atoms with E-state index in [1.165, 1.54) is 19.2 Å². The van der Waals surface area contributed by atoms with Crippen molar-refractivity contribution in [2.45, 2.75) is 0 Å². The highest BCUT2D eigenvalue weighted by atomic mass is 35.5. The molecule has 18 heavy (non-hydrogen) atoms. The minimum absolute atomic E-state index is 0.0145. The van der Waals surface area contributed by atoms with Gasteiger partial charge in [0.1, 0.15) is 0 Å². The summed E-state index contributed by atoms with van der Waals surface area (Å²) in [5.74, 6) is -2.06. The Labute approximate surface area is 106 Å². The average Bonchev–Trinajstić information content (AvgIpc) is 2.81. The van der Waals surface area contributed by atoms with E-state index in [4.69, 9.17) is 26.0 Å². The molecular weight excluding hydrogens is 265 g/mol. The van der Waals surface area contributed by atoms with Crippen LogP contribution >= 0.6 is 11.6 Å². The van der Waals surface area contributed by atoms with E-state index in [9.17, 15) is 9.18 Å². The number of carbonyl (C=O) groups is 1. The van der Waals surface area contributed by atoms with Crippen LogP contribution in [0.4, 0.5) is 4.39 Å². The van der Waals surface area contributed by atoms with Gasteiger partial charge in [-0.2, -0.15) is 0 Å². The monoisotopic (exact) mass is 271 g/mol. The van der Waals surface area contributed by atoms with Crippen LogP contribution in [0.2, 0.25) is 5.02 Å². The van der Waals surface area contributed by atoms with Gasteiger partial charge in [-0.15, -0.1) is 0 Å². The predicted molar refractivity (Wildman–Crippen MR) is 60.4 cm³/mol. The molecule has 0 unspecified atom stereocenters. The first kappa shape index (κ1) is 12.4. The fourth-order valence-corrected chi connectivity index (χ4v) is 1.60. The molecule has 0 atom stereocenters. The largest absolute Gasteiger partial charge is 0.494 e. The number of rotatable bonds is 3. The van der Waals surface area contributed by atoms with Crippen molar-refractivity contribution in [2.24, 2.45) is 0 Å². The lowest BCUT2D eigenvalue weighted by Crippen LogP contribution is -1.94. The molecule has 0 saturated carbocycles. The fourth-order valence-electron chi connectivity index (χ4n) is 1.40. The minimum Gasteiger partial charge on any atom is -0.494 e. The van der Waals surface area contributed by atoms with Crippen molar-refractivity contribution in [2.75, 3.05) is 7.11 Å². The molecule has 5 nitrogen and oxygen atoms in total. The summed E-state index contributed by atoms with van der Waals surface area (Å²) >= 11 is 5.79. The molecule has 1 heterocycles. The maximum atomic E-state index is 13.9. The quantitative estimate of drug-likeness (QED) is 0.929. The van der Waals surface area contributed by atoms with Gasteiger partial charge in [0.2, 0.25) is 0 Å². The highest BCUT2D eigenvalue weighted by Gasteiger charge is 2.18. The van der Waals surface area contributed by atoms with E-state index in [0.29, 0.717) is 0 Å². The van der Waals surface area contributed by atoms with Gasteiger partial charge in [-0.3, -0.25) is 0 Å². The zero-order valence-corrected chi connectivity index (χ0v) is 9.86. The summed E-state index contributed by atoms with van der Waals surface area (Å²) in [7, 11) is 1.29. The van der Waals surface area contributed by atoms with Crippen LogP contribution in [0.25, 0.3) is 11.3 Å². The third-order valence-corrected chi connectivity index (χ3v) is 2.44. The van der Waals surface area contributed by atoms with Gasteiger partial charge in [-0.25, -0.2) is 9.18 Å². The maximum Gasteiger partial charge on any atom is 0.358 e. The predicted octanol–water partition coefficient (Wildman–Crippen LogP) is 2.84. The third-order valence-electron chi connectivity index (χ3n) is 2.22. The van der Waals surface area contributed by atoms with Gasteiger partial charge in [-0.05, 0) is 6.07 Å². The standard InChI is InChI=1S/C11H7ClFNO4/c1-17-9-3-5(12)2-6(10(9)13)8-4-7(11(15)16)14-18-8/h2-4H,1H3,(H,15,16). The lowest BCUT2D eigenvalue weighted by molar-refractivity contribution is 0.0686. The van der Waals surface area contributed by atoms with E-state index in [0.717, 1.165) is 6.07 Å². The van der Waals surface area contributed by atoms with Crippen LogP contribution in [0.1, 0.15) is 10.5 Å². The van der Waals surface area contributed by atoms with Crippen molar-refractivity contribution < 1.29 is 23.6 Å². The van der Waals surface area contributed by atoms with Crippen molar-refractivity contribution in [3.05, 3.63) is 34.7 Å². The number of hydrogen-bond donors (Lipinski definition) is 1. The summed E-state index contributed by atoms with van der Waals surface area (Å²) in [6.07, 6.45) is 0. The number of methoxy groups -OCH3 is 1. The lowest BCUT2D eigenvalue weighted by atomic mass is 10.1. The number of hydrogen-bond acceptors (Lipinski definition) is 4. The Kier molecular flexibility index (Phi) is 3.20. The van der Waals surface area contributed by atoms with Crippen LogP contribution < -0.4 is 4.74 Å². The number of ether oxygens (including phenoxy) is 1. The maximum absolute atomic E-state index is 13.9. The molecule has 1 aromatic heterocycles. The SMILES string of the molecule is COc1cc(Cl)cc(-c2cc(C(=O)O)no2)c1F. The molecule has 0 aliphatic heterocycles. The van der Waals surface area contributed by atoms with E-state index in [2.05, 4.69) is 5.16 Å². The topological polar surface area (TPSA) is 72.6 Å². The van der Waals surface area contributed by atoms with E-state index < -0.39 is 11.8 Å². The Morgan fingerprint density at radius 2 is 2.22 bits per heavy atom. The molecule has 94 valence electrons. The molecule has 2 aromatic rings. The Morgan fingerprint density at radius 3 is 2.78 bits per heavy atom. The number of benzene rings is 1. The molecular formula is C11H7ClFNO4. The Hall–Kier alpha value is -2.08. The molecule has 1 aromatic carbocycles. The summed E-state index contributed by atoms with van der Waals surface area (Å²) < 4.78 is 23.5. The van der Waals surface area contributed by atoms with Crippen molar-refractivity contribution in [3.63, 3.8) is 0 Å². The average molecular weight is 272 g/mol. The molecule has 0 aliphatic rings. The molecule has 0 spiro atoms. The lowest BCUT2D eigenvalue weighted by Gasteiger charge is -2.05. The Balaban J connectivity index is 2.55. The first-order valence-electron chi connectivity index (χ1n) is 4.76. The van der Waals surface area contributed by atoms with Crippen molar-refractivity contribution in [1.82, 2.24) is 5.16 Å². The summed E-state index contributed by atoms with van der Waals surface area (Å²) in [5.41, 5.74) is -0.331. The number of carboxylic acid groups (broad SMARTS) is 1. The highest BCUT2D eigenvalue weighted by Crippen LogP contribution is 2.33. The number of nitrogens with zero attached hydrogens (tertiary/aromatic N) is 1. The summed E-state index contributed by atoms with van der Waals surface area (Å²) in [4.78, 5) is 10.7. The first-order chi connectivity index (χ1) is 8.52.